The minimum atomic E-state index is -0.556. The van der Waals surface area contributed by atoms with E-state index >= 15 is 0 Å². The van der Waals surface area contributed by atoms with Gasteiger partial charge in [0.2, 0.25) is 5.82 Å². The fourth-order valence-electron chi connectivity index (χ4n) is 2.36. The second kappa shape index (κ2) is 8.68. The van der Waals surface area contributed by atoms with E-state index in [1.807, 2.05) is 37.3 Å². The Morgan fingerprint density at radius 2 is 1.96 bits per heavy atom. The van der Waals surface area contributed by atoms with Crippen LogP contribution < -0.4 is 4.74 Å². The summed E-state index contributed by atoms with van der Waals surface area (Å²) in [7, 11) is 0. The molecular formula is C20H19ClN2O4. The maximum absolute atomic E-state index is 11.9. The Balaban J connectivity index is 1.51. The molecule has 7 heteroatoms. The first kappa shape index (κ1) is 18.9. The van der Waals surface area contributed by atoms with Crippen LogP contribution in [-0.2, 0) is 22.6 Å². The van der Waals surface area contributed by atoms with Gasteiger partial charge in [0.05, 0.1) is 5.02 Å². The molecule has 0 unspecified atom stereocenters. The van der Waals surface area contributed by atoms with Crippen molar-refractivity contribution in [2.45, 2.75) is 26.9 Å². The number of ether oxygens (including phenoxy) is 2. The van der Waals surface area contributed by atoms with E-state index in [9.17, 15) is 4.79 Å². The van der Waals surface area contributed by atoms with Gasteiger partial charge in [-0.05, 0) is 36.6 Å². The van der Waals surface area contributed by atoms with Crippen LogP contribution in [-0.4, -0.2) is 22.7 Å². The second-order valence-corrected chi connectivity index (χ2v) is 6.35. The van der Waals surface area contributed by atoms with Gasteiger partial charge in [-0.3, -0.25) is 0 Å². The van der Waals surface area contributed by atoms with Gasteiger partial charge in [-0.15, -0.1) is 0 Å². The zero-order valence-electron chi connectivity index (χ0n) is 15.1. The molecule has 0 aliphatic heterocycles. The van der Waals surface area contributed by atoms with E-state index in [1.54, 1.807) is 12.1 Å². The molecule has 2 aromatic carbocycles. The molecule has 0 atom stereocenters. The Morgan fingerprint density at radius 3 is 2.70 bits per heavy atom. The number of aromatic nitrogens is 2. The summed E-state index contributed by atoms with van der Waals surface area (Å²) in [6.07, 6.45) is 0.962. The molecule has 0 bridgehead atoms. The summed E-state index contributed by atoms with van der Waals surface area (Å²) >= 11 is 6.02. The van der Waals surface area contributed by atoms with Crippen LogP contribution in [0, 0.1) is 6.92 Å². The molecule has 0 radical (unpaired) electrons. The van der Waals surface area contributed by atoms with Crippen molar-refractivity contribution in [2.75, 3.05) is 6.61 Å². The summed E-state index contributed by atoms with van der Waals surface area (Å²) in [5.74, 6) is 0.543. The van der Waals surface area contributed by atoms with Crippen LogP contribution in [0.25, 0.3) is 11.4 Å². The van der Waals surface area contributed by atoms with Crippen LogP contribution in [0.1, 0.15) is 23.9 Å². The third-order valence-corrected chi connectivity index (χ3v) is 4.19. The van der Waals surface area contributed by atoms with Crippen molar-refractivity contribution < 1.29 is 18.8 Å². The quantitative estimate of drug-likeness (QED) is 0.561. The SMILES string of the molecule is CCc1ccc(-c2noc(COC(=O)COc3cc(C)ccc3Cl)n2)cc1. The Morgan fingerprint density at radius 1 is 1.19 bits per heavy atom. The predicted octanol–water partition coefficient (Wildman–Crippen LogP) is 4.38. The molecule has 27 heavy (non-hydrogen) atoms. The van der Waals surface area contributed by atoms with Crippen molar-refractivity contribution in [3.63, 3.8) is 0 Å². The summed E-state index contributed by atoms with van der Waals surface area (Å²) in [5, 5.41) is 4.34. The summed E-state index contributed by atoms with van der Waals surface area (Å²) in [6, 6.07) is 13.2. The Hall–Kier alpha value is -2.86. The third-order valence-electron chi connectivity index (χ3n) is 3.88. The highest BCUT2D eigenvalue weighted by Gasteiger charge is 2.12. The first-order valence-electron chi connectivity index (χ1n) is 8.51. The van der Waals surface area contributed by atoms with Gasteiger partial charge in [0.25, 0.3) is 5.89 Å². The topological polar surface area (TPSA) is 74.5 Å². The Bertz CT molecular complexity index is 922. The monoisotopic (exact) mass is 386 g/mol. The minimum absolute atomic E-state index is 0.121. The molecule has 3 aromatic rings. The van der Waals surface area contributed by atoms with Crippen molar-refractivity contribution in [3.05, 3.63) is 64.5 Å². The molecular weight excluding hydrogens is 368 g/mol. The lowest BCUT2D eigenvalue weighted by Gasteiger charge is -2.08. The smallest absolute Gasteiger partial charge is 0.344 e. The van der Waals surface area contributed by atoms with Crippen LogP contribution in [0.3, 0.4) is 0 Å². The van der Waals surface area contributed by atoms with Crippen LogP contribution in [0.5, 0.6) is 5.75 Å². The highest BCUT2D eigenvalue weighted by Crippen LogP contribution is 2.25. The molecule has 1 heterocycles. The standard InChI is InChI=1S/C20H19ClN2O4/c1-3-14-5-7-15(8-6-14)20-22-18(27-23-20)11-26-19(24)12-25-17-10-13(2)4-9-16(17)21/h4-10H,3,11-12H2,1-2H3. The van der Waals surface area contributed by atoms with Gasteiger partial charge in [0, 0.05) is 5.56 Å². The number of carbonyl (C=O) groups is 1. The lowest BCUT2D eigenvalue weighted by molar-refractivity contribution is -0.148. The fourth-order valence-corrected chi connectivity index (χ4v) is 2.53. The van der Waals surface area contributed by atoms with Gasteiger partial charge in [-0.2, -0.15) is 4.98 Å². The van der Waals surface area contributed by atoms with Crippen LogP contribution in [0.15, 0.2) is 47.0 Å². The van der Waals surface area contributed by atoms with E-state index in [4.69, 9.17) is 25.6 Å². The van der Waals surface area contributed by atoms with E-state index in [0.29, 0.717) is 16.6 Å². The third kappa shape index (κ3) is 5.08. The number of hydrogen-bond donors (Lipinski definition) is 0. The zero-order valence-corrected chi connectivity index (χ0v) is 15.8. The van der Waals surface area contributed by atoms with Crippen LogP contribution in [0.4, 0.5) is 0 Å². The molecule has 0 fully saturated rings. The van der Waals surface area contributed by atoms with E-state index in [2.05, 4.69) is 17.1 Å². The first-order valence-corrected chi connectivity index (χ1v) is 8.89. The van der Waals surface area contributed by atoms with Gasteiger partial charge >= 0.3 is 5.97 Å². The van der Waals surface area contributed by atoms with E-state index < -0.39 is 5.97 Å². The maximum atomic E-state index is 11.9. The summed E-state index contributed by atoms with van der Waals surface area (Å²) < 4.78 is 15.6. The predicted molar refractivity (Wildman–Crippen MR) is 101 cm³/mol. The number of hydrogen-bond acceptors (Lipinski definition) is 6. The number of halogens is 1. The van der Waals surface area contributed by atoms with E-state index in [0.717, 1.165) is 17.5 Å². The van der Waals surface area contributed by atoms with E-state index in [-0.39, 0.29) is 19.1 Å². The molecule has 0 spiro atoms. The Labute approximate surface area is 162 Å². The van der Waals surface area contributed by atoms with Crippen molar-refractivity contribution >= 4 is 17.6 Å². The average Bonchev–Trinajstić information content (AvgIpc) is 3.16. The van der Waals surface area contributed by atoms with Gasteiger partial charge in [-0.1, -0.05) is 54.0 Å². The lowest BCUT2D eigenvalue weighted by Crippen LogP contribution is -2.15. The molecule has 6 nitrogen and oxygen atoms in total. The summed E-state index contributed by atoms with van der Waals surface area (Å²) in [5.41, 5.74) is 3.05. The molecule has 1 aromatic heterocycles. The minimum Gasteiger partial charge on any atom is -0.480 e. The van der Waals surface area contributed by atoms with Crippen molar-refractivity contribution in [2.24, 2.45) is 0 Å². The lowest BCUT2D eigenvalue weighted by atomic mass is 10.1. The molecule has 0 aliphatic rings. The zero-order chi connectivity index (χ0) is 19.2. The van der Waals surface area contributed by atoms with Crippen molar-refractivity contribution in [3.8, 4) is 17.1 Å². The highest BCUT2D eigenvalue weighted by atomic mass is 35.5. The van der Waals surface area contributed by atoms with Crippen LogP contribution >= 0.6 is 11.6 Å². The maximum Gasteiger partial charge on any atom is 0.344 e. The number of aryl methyl sites for hydroxylation is 2. The van der Waals surface area contributed by atoms with E-state index in [1.165, 1.54) is 5.56 Å². The molecule has 0 saturated carbocycles. The molecule has 0 aliphatic carbocycles. The average molecular weight is 387 g/mol. The molecule has 0 amide bonds. The largest absolute Gasteiger partial charge is 0.480 e. The van der Waals surface area contributed by atoms with Crippen molar-refractivity contribution in [1.82, 2.24) is 10.1 Å². The van der Waals surface area contributed by atoms with Gasteiger partial charge in [0.1, 0.15) is 5.75 Å². The van der Waals surface area contributed by atoms with Gasteiger partial charge in [0.15, 0.2) is 13.2 Å². The normalized spacial score (nSPS) is 10.6. The fraction of sp³-hybridized carbons (Fsp3) is 0.250. The molecule has 3 rings (SSSR count). The van der Waals surface area contributed by atoms with Gasteiger partial charge < -0.3 is 14.0 Å². The Kier molecular flexibility index (Phi) is 6.08. The summed E-state index contributed by atoms with van der Waals surface area (Å²) in [4.78, 5) is 16.1. The number of benzene rings is 2. The van der Waals surface area contributed by atoms with Gasteiger partial charge in [-0.25, -0.2) is 4.79 Å². The van der Waals surface area contributed by atoms with Crippen molar-refractivity contribution in [1.29, 1.82) is 0 Å². The highest BCUT2D eigenvalue weighted by molar-refractivity contribution is 6.32. The number of carbonyl (C=O) groups excluding carboxylic acids is 1. The summed E-state index contributed by atoms with van der Waals surface area (Å²) in [6.45, 7) is 3.61. The molecule has 140 valence electrons. The molecule has 0 N–H and O–H groups in total. The molecule has 0 saturated heterocycles. The number of nitrogens with zero attached hydrogens (tertiary/aromatic N) is 2. The number of esters is 1. The van der Waals surface area contributed by atoms with Crippen LogP contribution in [0.2, 0.25) is 5.02 Å². The number of rotatable bonds is 7. The first-order chi connectivity index (χ1) is 13.0. The second-order valence-electron chi connectivity index (χ2n) is 5.95.